The third kappa shape index (κ3) is 4.07. The Labute approximate surface area is 128 Å². The van der Waals surface area contributed by atoms with Crippen LogP contribution in [0.4, 0.5) is 5.69 Å². The number of aryl methyl sites for hydroxylation is 1. The Kier molecular flexibility index (Phi) is 5.38. The fraction of sp³-hybridized carbons (Fsp3) is 0.500. The summed E-state index contributed by atoms with van der Waals surface area (Å²) in [6.45, 7) is 5.48. The van der Waals surface area contributed by atoms with E-state index in [1.54, 1.807) is 18.7 Å². The predicted molar refractivity (Wildman–Crippen MR) is 83.8 cm³/mol. The van der Waals surface area contributed by atoms with Crippen LogP contribution >= 0.6 is 11.6 Å². The topological polar surface area (TPSA) is 64.7 Å². The molecule has 21 heavy (non-hydrogen) atoms. The molecule has 6 nitrogen and oxygen atoms in total. The Hall–Kier alpha value is -1.82. The summed E-state index contributed by atoms with van der Waals surface area (Å²) in [5.41, 5.74) is 0.344. The molecule has 0 bridgehead atoms. The first-order chi connectivity index (χ1) is 10.1. The second kappa shape index (κ2) is 7.26. The maximum atomic E-state index is 12.0. The summed E-state index contributed by atoms with van der Waals surface area (Å²) in [6.07, 6.45) is 9.13. The van der Waals surface area contributed by atoms with Gasteiger partial charge in [-0.3, -0.25) is 4.79 Å². The molecule has 0 atom stereocenters. The van der Waals surface area contributed by atoms with Crippen LogP contribution in [0.25, 0.3) is 0 Å². The number of nitrogens with zero attached hydrogens (tertiary/aromatic N) is 4. The van der Waals surface area contributed by atoms with Crippen molar-refractivity contribution in [3.63, 3.8) is 0 Å². The molecular formula is C14H20ClN5O. The van der Waals surface area contributed by atoms with E-state index in [9.17, 15) is 4.79 Å². The van der Waals surface area contributed by atoms with E-state index in [0.717, 1.165) is 25.9 Å². The van der Waals surface area contributed by atoms with Gasteiger partial charge in [0.1, 0.15) is 5.02 Å². The quantitative estimate of drug-likeness (QED) is 0.798. The number of rotatable bonds is 7. The van der Waals surface area contributed by atoms with Crippen molar-refractivity contribution in [3.8, 4) is 0 Å². The summed E-state index contributed by atoms with van der Waals surface area (Å²) in [5, 5.41) is 7.49. The molecule has 0 radical (unpaired) electrons. The van der Waals surface area contributed by atoms with Crippen molar-refractivity contribution in [1.82, 2.24) is 19.3 Å². The molecule has 0 fully saturated rings. The molecule has 2 aromatic rings. The number of anilines is 1. The molecule has 0 aliphatic rings. The molecule has 0 aliphatic carbocycles. The second-order valence-corrected chi connectivity index (χ2v) is 5.53. The molecule has 1 N–H and O–H groups in total. The molecular weight excluding hydrogens is 290 g/mol. The maximum absolute atomic E-state index is 12.0. The Morgan fingerprint density at radius 1 is 1.38 bits per heavy atom. The van der Waals surface area contributed by atoms with Gasteiger partial charge >= 0.3 is 0 Å². The van der Waals surface area contributed by atoms with Gasteiger partial charge in [0.2, 0.25) is 0 Å². The van der Waals surface area contributed by atoms with Crippen molar-refractivity contribution in [3.05, 3.63) is 40.3 Å². The van der Waals surface area contributed by atoms with E-state index in [1.807, 2.05) is 24.6 Å². The Bertz CT molecular complexity index is 621. The Morgan fingerprint density at radius 2 is 2.19 bits per heavy atom. The zero-order valence-corrected chi connectivity index (χ0v) is 13.0. The van der Waals surface area contributed by atoms with Crippen LogP contribution in [0, 0.1) is 0 Å². The molecule has 0 unspecified atom stereocenters. The monoisotopic (exact) mass is 309 g/mol. The average molecular weight is 310 g/mol. The van der Waals surface area contributed by atoms with Gasteiger partial charge in [-0.2, -0.15) is 5.10 Å². The summed E-state index contributed by atoms with van der Waals surface area (Å²) in [4.78, 5) is 16.0. The van der Waals surface area contributed by atoms with Crippen molar-refractivity contribution in [2.24, 2.45) is 0 Å². The lowest BCUT2D eigenvalue weighted by molar-refractivity contribution is 0.503. The minimum absolute atomic E-state index is 0.000713. The summed E-state index contributed by atoms with van der Waals surface area (Å²) < 4.78 is 3.42. The summed E-state index contributed by atoms with van der Waals surface area (Å²) in [6, 6.07) is -0.000713. The predicted octanol–water partition coefficient (Wildman–Crippen LogP) is 2.57. The van der Waals surface area contributed by atoms with Crippen molar-refractivity contribution in [2.45, 2.75) is 39.3 Å². The molecule has 7 heteroatoms. The lowest BCUT2D eigenvalue weighted by Gasteiger charge is -2.12. The van der Waals surface area contributed by atoms with Gasteiger partial charge in [0.25, 0.3) is 5.56 Å². The zero-order valence-electron chi connectivity index (χ0n) is 12.3. The van der Waals surface area contributed by atoms with Crippen molar-refractivity contribution in [1.29, 1.82) is 0 Å². The van der Waals surface area contributed by atoms with E-state index in [-0.39, 0.29) is 16.6 Å². The molecule has 0 amide bonds. The number of unbranched alkanes of at least 4 members (excludes halogenated alkanes) is 1. The van der Waals surface area contributed by atoms with Crippen LogP contribution in [-0.2, 0) is 6.54 Å². The first-order valence-corrected chi connectivity index (χ1v) is 7.44. The van der Waals surface area contributed by atoms with Crippen LogP contribution in [-0.4, -0.2) is 25.9 Å². The summed E-state index contributed by atoms with van der Waals surface area (Å²) >= 11 is 6.09. The highest BCUT2D eigenvalue weighted by Gasteiger charge is 2.10. The van der Waals surface area contributed by atoms with E-state index in [0.29, 0.717) is 5.69 Å². The van der Waals surface area contributed by atoms with Gasteiger partial charge in [0, 0.05) is 25.5 Å². The fourth-order valence-corrected chi connectivity index (χ4v) is 2.20. The van der Waals surface area contributed by atoms with E-state index < -0.39 is 0 Å². The molecule has 0 aliphatic heterocycles. The Balaban J connectivity index is 1.83. The van der Waals surface area contributed by atoms with Gasteiger partial charge < -0.3 is 9.88 Å². The van der Waals surface area contributed by atoms with Crippen molar-refractivity contribution < 1.29 is 0 Å². The number of halogens is 1. The maximum Gasteiger partial charge on any atom is 0.287 e. The molecule has 0 aromatic carbocycles. The fourth-order valence-electron chi connectivity index (χ4n) is 2.00. The highest BCUT2D eigenvalue weighted by atomic mass is 35.5. The lowest BCUT2D eigenvalue weighted by Crippen LogP contribution is -2.25. The first-order valence-electron chi connectivity index (χ1n) is 7.06. The van der Waals surface area contributed by atoms with Crippen molar-refractivity contribution in [2.75, 3.05) is 11.9 Å². The van der Waals surface area contributed by atoms with E-state index >= 15 is 0 Å². The summed E-state index contributed by atoms with van der Waals surface area (Å²) in [7, 11) is 0. The number of aromatic nitrogens is 4. The average Bonchev–Trinajstić information content (AvgIpc) is 2.96. The van der Waals surface area contributed by atoms with Gasteiger partial charge in [0.05, 0.1) is 24.3 Å². The van der Waals surface area contributed by atoms with Crippen LogP contribution in [0.2, 0.25) is 5.02 Å². The largest absolute Gasteiger partial charge is 0.382 e. The summed E-state index contributed by atoms with van der Waals surface area (Å²) in [5.74, 6) is 0. The molecule has 0 spiro atoms. The first kappa shape index (κ1) is 15.6. The van der Waals surface area contributed by atoms with Crippen LogP contribution in [0.15, 0.2) is 29.7 Å². The van der Waals surface area contributed by atoms with E-state index in [1.165, 1.54) is 4.68 Å². The smallest absolute Gasteiger partial charge is 0.287 e. The highest BCUT2D eigenvalue weighted by molar-refractivity contribution is 6.32. The highest BCUT2D eigenvalue weighted by Crippen LogP contribution is 2.16. The number of hydrogen-bond acceptors (Lipinski definition) is 4. The van der Waals surface area contributed by atoms with Gasteiger partial charge in [-0.05, 0) is 26.7 Å². The minimum Gasteiger partial charge on any atom is -0.382 e. The number of hydrogen-bond donors (Lipinski definition) is 1. The lowest BCUT2D eigenvalue weighted by atomic mass is 10.3. The third-order valence-corrected chi connectivity index (χ3v) is 3.52. The number of imidazole rings is 1. The normalized spacial score (nSPS) is 11.0. The minimum atomic E-state index is -0.255. The van der Waals surface area contributed by atoms with E-state index in [2.05, 4.69) is 15.4 Å². The molecule has 2 aromatic heterocycles. The van der Waals surface area contributed by atoms with Gasteiger partial charge in [-0.1, -0.05) is 11.6 Å². The molecule has 0 saturated carbocycles. The SMILES string of the molecule is CC(C)n1ncc(NCCCCn2ccnc2)c(Cl)c1=O. The van der Waals surface area contributed by atoms with Crippen LogP contribution in [0.3, 0.4) is 0 Å². The van der Waals surface area contributed by atoms with Crippen LogP contribution < -0.4 is 10.9 Å². The molecule has 2 heterocycles. The third-order valence-electron chi connectivity index (χ3n) is 3.15. The Morgan fingerprint density at radius 3 is 2.86 bits per heavy atom. The van der Waals surface area contributed by atoms with Gasteiger partial charge in [-0.25, -0.2) is 9.67 Å². The zero-order chi connectivity index (χ0) is 15.2. The van der Waals surface area contributed by atoms with Crippen molar-refractivity contribution >= 4 is 17.3 Å². The van der Waals surface area contributed by atoms with Gasteiger partial charge in [-0.15, -0.1) is 0 Å². The van der Waals surface area contributed by atoms with Crippen LogP contribution in [0.1, 0.15) is 32.7 Å². The molecule has 2 rings (SSSR count). The standard InChI is InChI=1S/C14H20ClN5O/c1-11(2)20-14(21)13(15)12(9-18-20)17-5-3-4-7-19-8-6-16-10-19/h6,8-11,17H,3-5,7H2,1-2H3. The number of nitrogens with one attached hydrogen (secondary N) is 1. The van der Waals surface area contributed by atoms with Crippen LogP contribution in [0.5, 0.6) is 0 Å². The second-order valence-electron chi connectivity index (χ2n) is 5.15. The molecule has 0 saturated heterocycles. The molecule has 114 valence electrons. The van der Waals surface area contributed by atoms with E-state index in [4.69, 9.17) is 11.6 Å². The van der Waals surface area contributed by atoms with Gasteiger partial charge in [0.15, 0.2) is 0 Å².